The van der Waals surface area contributed by atoms with Crippen molar-refractivity contribution in [2.75, 3.05) is 6.61 Å². The van der Waals surface area contributed by atoms with E-state index in [1.807, 2.05) is 36.4 Å². The Morgan fingerprint density at radius 2 is 1.84 bits per heavy atom. The maximum Gasteiger partial charge on any atom is 0.130 e. The van der Waals surface area contributed by atoms with Gasteiger partial charge in [0.2, 0.25) is 0 Å². The normalized spacial score (nSPS) is 9.42. The number of ether oxygens (including phenoxy) is 1. The van der Waals surface area contributed by atoms with Crippen molar-refractivity contribution >= 4 is 6.08 Å². The lowest BCUT2D eigenvalue weighted by atomic mass is 10.1. The second-order valence-corrected chi connectivity index (χ2v) is 4.28. The van der Waals surface area contributed by atoms with Gasteiger partial charge in [-0.05, 0) is 23.6 Å². The summed E-state index contributed by atoms with van der Waals surface area (Å²) in [4.78, 5) is 0. The Morgan fingerprint density at radius 3 is 2.42 bits per heavy atom. The molecule has 0 heterocycles. The van der Waals surface area contributed by atoms with Crippen molar-refractivity contribution in [2.45, 2.75) is 32.8 Å². The van der Waals surface area contributed by atoms with Crippen molar-refractivity contribution in [3.05, 3.63) is 41.0 Å². The van der Waals surface area contributed by atoms with Crippen LogP contribution in [0.3, 0.4) is 0 Å². The Hall–Kier alpha value is -2.10. The Labute approximate surface area is 114 Å². The van der Waals surface area contributed by atoms with Gasteiger partial charge in [0.15, 0.2) is 0 Å². The molecule has 0 aliphatic rings. The molecule has 0 spiro atoms. The van der Waals surface area contributed by atoms with E-state index in [-0.39, 0.29) is 5.57 Å². The molecular weight excluding hydrogens is 236 g/mol. The minimum Gasteiger partial charge on any atom is -0.377 e. The molecule has 0 unspecified atom stereocenters. The van der Waals surface area contributed by atoms with Crippen molar-refractivity contribution in [2.24, 2.45) is 0 Å². The summed E-state index contributed by atoms with van der Waals surface area (Å²) in [5.41, 5.74) is 2.07. The van der Waals surface area contributed by atoms with E-state index in [0.29, 0.717) is 6.61 Å². The smallest absolute Gasteiger partial charge is 0.130 e. The molecule has 0 aliphatic heterocycles. The lowest BCUT2D eigenvalue weighted by Gasteiger charge is -2.04. The first-order valence-electron chi connectivity index (χ1n) is 6.48. The van der Waals surface area contributed by atoms with Crippen LogP contribution in [0, 0.1) is 22.7 Å². The number of nitrogens with zero attached hydrogens (tertiary/aromatic N) is 2. The van der Waals surface area contributed by atoms with Gasteiger partial charge >= 0.3 is 0 Å². The van der Waals surface area contributed by atoms with Crippen LogP contribution < -0.4 is 0 Å². The van der Waals surface area contributed by atoms with Gasteiger partial charge in [-0.15, -0.1) is 0 Å². The van der Waals surface area contributed by atoms with Crippen LogP contribution in [0.1, 0.15) is 37.3 Å². The zero-order valence-electron chi connectivity index (χ0n) is 11.2. The summed E-state index contributed by atoms with van der Waals surface area (Å²) in [5.74, 6) is 0. The summed E-state index contributed by atoms with van der Waals surface area (Å²) in [6.07, 6.45) is 5.08. The number of allylic oxidation sites excluding steroid dienone is 1. The van der Waals surface area contributed by atoms with E-state index in [0.717, 1.165) is 24.2 Å². The summed E-state index contributed by atoms with van der Waals surface area (Å²) < 4.78 is 5.56. The monoisotopic (exact) mass is 254 g/mol. The fourth-order valence-corrected chi connectivity index (χ4v) is 1.61. The first-order valence-corrected chi connectivity index (χ1v) is 6.48. The molecule has 0 saturated carbocycles. The van der Waals surface area contributed by atoms with Crippen LogP contribution in [-0.4, -0.2) is 6.61 Å². The molecular formula is C16H18N2O. The second-order valence-electron chi connectivity index (χ2n) is 4.28. The van der Waals surface area contributed by atoms with Gasteiger partial charge in [0.05, 0.1) is 6.61 Å². The minimum atomic E-state index is 0.114. The lowest BCUT2D eigenvalue weighted by molar-refractivity contribution is 0.117. The van der Waals surface area contributed by atoms with E-state index in [2.05, 4.69) is 6.92 Å². The van der Waals surface area contributed by atoms with Crippen LogP contribution in [0.2, 0.25) is 0 Å². The first kappa shape index (κ1) is 15.0. The van der Waals surface area contributed by atoms with Crippen LogP contribution in [0.5, 0.6) is 0 Å². The third-order valence-electron chi connectivity index (χ3n) is 2.69. The molecule has 3 nitrogen and oxygen atoms in total. The highest BCUT2D eigenvalue weighted by Gasteiger charge is 1.96. The van der Waals surface area contributed by atoms with Crippen LogP contribution in [0.15, 0.2) is 29.8 Å². The van der Waals surface area contributed by atoms with E-state index in [1.165, 1.54) is 12.8 Å². The molecule has 3 heteroatoms. The third kappa shape index (κ3) is 5.86. The maximum absolute atomic E-state index is 8.67. The van der Waals surface area contributed by atoms with Gasteiger partial charge in [-0.3, -0.25) is 0 Å². The van der Waals surface area contributed by atoms with Crippen LogP contribution in [0.4, 0.5) is 0 Å². The summed E-state index contributed by atoms with van der Waals surface area (Å²) in [6, 6.07) is 11.4. The van der Waals surface area contributed by atoms with Crippen LogP contribution in [0.25, 0.3) is 6.08 Å². The second kappa shape index (κ2) is 8.91. The molecule has 0 saturated heterocycles. The number of hydrogen-bond donors (Lipinski definition) is 0. The summed E-state index contributed by atoms with van der Waals surface area (Å²) in [6.45, 7) is 3.57. The van der Waals surface area contributed by atoms with E-state index >= 15 is 0 Å². The number of unbranched alkanes of at least 4 members (excludes halogenated alkanes) is 2. The lowest BCUT2D eigenvalue weighted by Crippen LogP contribution is -1.95. The molecule has 98 valence electrons. The first-order chi connectivity index (χ1) is 9.30. The highest BCUT2D eigenvalue weighted by molar-refractivity contribution is 5.61. The zero-order valence-corrected chi connectivity index (χ0v) is 11.2. The van der Waals surface area contributed by atoms with Crippen molar-refractivity contribution in [1.29, 1.82) is 10.5 Å². The van der Waals surface area contributed by atoms with Gasteiger partial charge < -0.3 is 4.74 Å². The van der Waals surface area contributed by atoms with Gasteiger partial charge in [0.25, 0.3) is 0 Å². The predicted octanol–water partition coefficient (Wildman–Crippen LogP) is 3.82. The van der Waals surface area contributed by atoms with Crippen molar-refractivity contribution < 1.29 is 4.74 Å². The predicted molar refractivity (Wildman–Crippen MR) is 74.8 cm³/mol. The Kier molecular flexibility index (Phi) is 7.02. The summed E-state index contributed by atoms with van der Waals surface area (Å²) in [5, 5.41) is 17.3. The average molecular weight is 254 g/mol. The molecule has 0 bridgehead atoms. The van der Waals surface area contributed by atoms with Crippen LogP contribution in [-0.2, 0) is 11.3 Å². The molecule has 1 rings (SSSR count). The molecule has 0 aliphatic carbocycles. The SMILES string of the molecule is CCCCCOCc1ccc(C=C(C#N)C#N)cc1. The largest absolute Gasteiger partial charge is 0.377 e. The number of nitriles is 2. The Morgan fingerprint density at radius 1 is 1.16 bits per heavy atom. The number of benzene rings is 1. The quantitative estimate of drug-likeness (QED) is 0.549. The molecule has 0 N–H and O–H groups in total. The summed E-state index contributed by atoms with van der Waals surface area (Å²) in [7, 11) is 0. The molecule has 0 atom stereocenters. The molecule has 1 aromatic rings. The highest BCUT2D eigenvalue weighted by Crippen LogP contribution is 2.10. The van der Waals surface area contributed by atoms with Gasteiger partial charge in [0.1, 0.15) is 17.7 Å². The van der Waals surface area contributed by atoms with E-state index in [4.69, 9.17) is 15.3 Å². The maximum atomic E-state index is 8.67. The molecule has 19 heavy (non-hydrogen) atoms. The molecule has 0 amide bonds. The molecule has 1 aromatic carbocycles. The van der Waals surface area contributed by atoms with Crippen molar-refractivity contribution in [1.82, 2.24) is 0 Å². The third-order valence-corrected chi connectivity index (χ3v) is 2.69. The van der Waals surface area contributed by atoms with E-state index in [1.54, 1.807) is 6.08 Å². The Balaban J connectivity index is 2.47. The summed E-state index contributed by atoms with van der Waals surface area (Å²) >= 11 is 0. The average Bonchev–Trinajstić information content (AvgIpc) is 2.46. The van der Waals surface area contributed by atoms with Gasteiger partial charge in [-0.1, -0.05) is 44.0 Å². The fraction of sp³-hybridized carbons (Fsp3) is 0.375. The number of hydrogen-bond acceptors (Lipinski definition) is 3. The molecule has 0 aromatic heterocycles. The highest BCUT2D eigenvalue weighted by atomic mass is 16.5. The van der Waals surface area contributed by atoms with E-state index in [9.17, 15) is 0 Å². The Bertz CT molecular complexity index is 473. The molecule has 0 radical (unpaired) electrons. The van der Waals surface area contributed by atoms with Gasteiger partial charge in [0, 0.05) is 6.61 Å². The van der Waals surface area contributed by atoms with Gasteiger partial charge in [-0.2, -0.15) is 10.5 Å². The van der Waals surface area contributed by atoms with Crippen molar-refractivity contribution in [3.63, 3.8) is 0 Å². The van der Waals surface area contributed by atoms with Crippen molar-refractivity contribution in [3.8, 4) is 12.1 Å². The van der Waals surface area contributed by atoms with Gasteiger partial charge in [-0.25, -0.2) is 0 Å². The molecule has 0 fully saturated rings. The minimum absolute atomic E-state index is 0.114. The topological polar surface area (TPSA) is 56.8 Å². The van der Waals surface area contributed by atoms with E-state index < -0.39 is 0 Å². The fourth-order valence-electron chi connectivity index (χ4n) is 1.61. The van der Waals surface area contributed by atoms with Crippen LogP contribution >= 0.6 is 0 Å². The number of rotatable bonds is 7. The standard InChI is InChI=1S/C16H18N2O/c1-2-3-4-9-19-13-15-7-5-14(6-8-15)10-16(11-17)12-18/h5-8,10H,2-4,9,13H2,1H3. The zero-order chi connectivity index (χ0) is 13.9.